The molecule has 1 saturated carbocycles. The summed E-state index contributed by atoms with van der Waals surface area (Å²) in [5.41, 5.74) is 0.935. The summed E-state index contributed by atoms with van der Waals surface area (Å²) in [4.78, 5) is 22.6. The number of ether oxygens (including phenoxy) is 2. The van der Waals surface area contributed by atoms with Crippen LogP contribution in [0.5, 0.6) is 11.5 Å². The molecular formula is C19H26NNaO5. The van der Waals surface area contributed by atoms with Gasteiger partial charge in [0.2, 0.25) is 5.91 Å². The van der Waals surface area contributed by atoms with Gasteiger partial charge in [0.25, 0.3) is 0 Å². The molecule has 0 aliphatic heterocycles. The summed E-state index contributed by atoms with van der Waals surface area (Å²) in [7, 11) is 1.49. The fourth-order valence-corrected chi connectivity index (χ4v) is 3.09. The number of aliphatic carboxylic acids is 1. The summed E-state index contributed by atoms with van der Waals surface area (Å²) in [6.45, 7) is 1.73. The van der Waals surface area contributed by atoms with E-state index in [0.717, 1.165) is 24.3 Å². The van der Waals surface area contributed by atoms with Crippen LogP contribution in [0.2, 0.25) is 0 Å². The second-order valence-corrected chi connectivity index (χ2v) is 6.67. The van der Waals surface area contributed by atoms with Crippen molar-refractivity contribution in [2.24, 2.45) is 5.92 Å². The number of hydrogen-bond donors (Lipinski definition) is 1. The quantitative estimate of drug-likeness (QED) is 0.560. The molecule has 0 bridgehead atoms. The van der Waals surface area contributed by atoms with Crippen LogP contribution in [0, 0.1) is 5.92 Å². The molecule has 2 rings (SSSR count). The van der Waals surface area contributed by atoms with Crippen LogP contribution < -0.4 is 49.5 Å². The normalized spacial score (nSPS) is 19.2. The minimum atomic E-state index is -1.29. The number of carbonyl (C=O) groups is 2. The van der Waals surface area contributed by atoms with Gasteiger partial charge in [-0.15, -0.1) is 0 Å². The number of benzene rings is 1. The van der Waals surface area contributed by atoms with Gasteiger partial charge < -0.3 is 24.7 Å². The van der Waals surface area contributed by atoms with E-state index in [-0.39, 0.29) is 35.5 Å². The Hall–Kier alpha value is -1.24. The second kappa shape index (κ2) is 11.5. The fraction of sp³-hybridized carbons (Fsp3) is 0.579. The van der Waals surface area contributed by atoms with Crippen molar-refractivity contribution < 1.29 is 53.7 Å². The molecule has 1 aliphatic carbocycles. The maximum Gasteiger partial charge on any atom is 1.00 e. The van der Waals surface area contributed by atoms with Crippen molar-refractivity contribution in [3.05, 3.63) is 23.8 Å². The van der Waals surface area contributed by atoms with E-state index in [1.165, 1.54) is 20.0 Å². The number of carbonyl (C=O) groups excluding carboxylic acids is 2. The number of rotatable bonds is 8. The summed E-state index contributed by atoms with van der Waals surface area (Å²) in [6.07, 6.45) is 5.47. The van der Waals surface area contributed by atoms with Gasteiger partial charge in [-0.2, -0.15) is 0 Å². The van der Waals surface area contributed by atoms with Crippen LogP contribution in [0.4, 0.5) is 0 Å². The number of carboxylic acids is 1. The molecule has 7 heteroatoms. The molecule has 1 amide bonds. The zero-order chi connectivity index (χ0) is 18.2. The number of aryl methyl sites for hydroxylation is 1. The monoisotopic (exact) mass is 371 g/mol. The van der Waals surface area contributed by atoms with E-state index in [1.807, 2.05) is 6.07 Å². The Labute approximate surface area is 176 Å². The molecule has 1 aliphatic rings. The largest absolute Gasteiger partial charge is 1.00 e. The first-order valence-electron chi connectivity index (χ1n) is 8.77. The van der Waals surface area contributed by atoms with Crippen LogP contribution in [0.3, 0.4) is 0 Å². The van der Waals surface area contributed by atoms with E-state index in [0.29, 0.717) is 30.4 Å². The van der Waals surface area contributed by atoms with Gasteiger partial charge in [-0.1, -0.05) is 13.0 Å². The molecule has 1 aromatic rings. The Bertz CT molecular complexity index is 600. The molecule has 1 aromatic carbocycles. The van der Waals surface area contributed by atoms with Crippen LogP contribution in [-0.2, 0) is 16.0 Å². The molecule has 0 unspecified atom stereocenters. The maximum absolute atomic E-state index is 12.1. The molecule has 26 heavy (non-hydrogen) atoms. The molecule has 0 saturated heterocycles. The Balaban J connectivity index is 0.00000338. The summed E-state index contributed by atoms with van der Waals surface area (Å²) in [5.74, 6) is 0.325. The summed E-state index contributed by atoms with van der Waals surface area (Å²) in [5, 5.41) is 13.6. The van der Waals surface area contributed by atoms with Crippen molar-refractivity contribution >= 4 is 11.9 Å². The number of methoxy groups -OCH3 is 1. The third-order valence-corrected chi connectivity index (χ3v) is 4.60. The molecular weight excluding hydrogens is 345 g/mol. The number of hydrogen-bond acceptors (Lipinski definition) is 5. The van der Waals surface area contributed by atoms with Gasteiger partial charge in [0.05, 0.1) is 13.1 Å². The molecule has 0 aromatic heterocycles. The Kier molecular flexibility index (Phi) is 10.1. The zero-order valence-corrected chi connectivity index (χ0v) is 17.9. The van der Waals surface area contributed by atoms with Crippen molar-refractivity contribution in [2.75, 3.05) is 13.7 Å². The predicted octanol–water partition coefficient (Wildman–Crippen LogP) is -1.54. The second-order valence-electron chi connectivity index (χ2n) is 6.67. The molecule has 0 radical (unpaired) electrons. The molecule has 0 spiro atoms. The van der Waals surface area contributed by atoms with Crippen molar-refractivity contribution in [2.45, 2.75) is 51.5 Å². The van der Waals surface area contributed by atoms with Gasteiger partial charge in [0.15, 0.2) is 11.5 Å². The van der Waals surface area contributed by atoms with Crippen molar-refractivity contribution in [1.82, 2.24) is 5.32 Å². The minimum Gasteiger partial charge on any atom is -0.546 e. The van der Waals surface area contributed by atoms with E-state index in [1.54, 1.807) is 12.1 Å². The van der Waals surface area contributed by atoms with Gasteiger partial charge in [-0.05, 0) is 55.7 Å². The number of nitrogens with one attached hydrogen (secondary N) is 1. The maximum atomic E-state index is 12.1. The van der Waals surface area contributed by atoms with E-state index in [9.17, 15) is 14.7 Å². The first-order valence-corrected chi connectivity index (χ1v) is 8.77. The minimum absolute atomic E-state index is 0. The van der Waals surface area contributed by atoms with E-state index < -0.39 is 12.6 Å². The molecule has 1 N–H and O–H groups in total. The topological polar surface area (TPSA) is 87.7 Å². The van der Waals surface area contributed by atoms with Crippen LogP contribution in [-0.4, -0.2) is 31.6 Å². The van der Waals surface area contributed by atoms with Gasteiger partial charge in [-0.3, -0.25) is 4.79 Å². The molecule has 0 heterocycles. The Morgan fingerprint density at radius 1 is 1.19 bits per heavy atom. The zero-order valence-electron chi connectivity index (χ0n) is 15.9. The smallest absolute Gasteiger partial charge is 0.546 e. The molecule has 138 valence electrons. The number of amides is 1. The van der Waals surface area contributed by atoms with E-state index in [2.05, 4.69) is 12.2 Å². The van der Waals surface area contributed by atoms with Crippen LogP contribution in [0.15, 0.2) is 18.2 Å². The fourth-order valence-electron chi connectivity index (χ4n) is 3.09. The molecule has 1 fully saturated rings. The first kappa shape index (κ1) is 22.8. The van der Waals surface area contributed by atoms with Gasteiger partial charge in [-0.25, -0.2) is 0 Å². The molecule has 0 atom stereocenters. The van der Waals surface area contributed by atoms with Crippen LogP contribution >= 0.6 is 0 Å². The Morgan fingerprint density at radius 3 is 2.50 bits per heavy atom. The van der Waals surface area contributed by atoms with Gasteiger partial charge in [0.1, 0.15) is 6.61 Å². The summed E-state index contributed by atoms with van der Waals surface area (Å²) in [6, 6.07) is 5.53. The van der Waals surface area contributed by atoms with Crippen molar-refractivity contribution in [1.29, 1.82) is 0 Å². The van der Waals surface area contributed by atoms with Gasteiger partial charge in [0, 0.05) is 12.5 Å². The third kappa shape index (κ3) is 7.56. The van der Waals surface area contributed by atoms with Crippen molar-refractivity contribution in [3.63, 3.8) is 0 Å². The first-order chi connectivity index (χ1) is 12.0. The average Bonchev–Trinajstić information content (AvgIpc) is 2.60. The van der Waals surface area contributed by atoms with Gasteiger partial charge >= 0.3 is 29.6 Å². The van der Waals surface area contributed by atoms with E-state index >= 15 is 0 Å². The number of carboxylic acid groups (broad SMARTS) is 1. The summed E-state index contributed by atoms with van der Waals surface area (Å²) < 4.78 is 10.3. The standard InChI is InChI=1S/C19H27NO5.Na/c1-13-3-7-15(8-4-13)20-18(21)10-6-14-5-9-16(17(11-14)24-2)25-12-19(22)23;/h5,9,11,13,15H,3-4,6-8,10,12H2,1-2H3,(H,20,21)(H,22,23);/q;+1/p-1/t13-,15-;. The van der Waals surface area contributed by atoms with Crippen LogP contribution in [0.1, 0.15) is 44.6 Å². The van der Waals surface area contributed by atoms with E-state index in [4.69, 9.17) is 9.47 Å². The SMILES string of the molecule is COc1cc(CCC(=O)N[C@H]2CC[C@H](C)CC2)ccc1OCC(=O)[O-].[Na+]. The predicted molar refractivity (Wildman–Crippen MR) is 91.4 cm³/mol. The Morgan fingerprint density at radius 2 is 1.88 bits per heavy atom. The molecule has 6 nitrogen and oxygen atoms in total. The van der Waals surface area contributed by atoms with Crippen molar-refractivity contribution in [3.8, 4) is 11.5 Å². The summed E-state index contributed by atoms with van der Waals surface area (Å²) >= 11 is 0. The third-order valence-electron chi connectivity index (χ3n) is 4.60. The van der Waals surface area contributed by atoms with Crippen LogP contribution in [0.25, 0.3) is 0 Å². The average molecular weight is 371 g/mol.